The Hall–Kier alpha value is -3.89. The molecule has 0 atom stereocenters. The lowest BCUT2D eigenvalue weighted by Crippen LogP contribution is -2.33. The quantitative estimate of drug-likeness (QED) is 0.474. The highest BCUT2D eigenvalue weighted by atomic mass is 19.4. The van der Waals surface area contributed by atoms with Gasteiger partial charge >= 0.3 is 6.18 Å². The van der Waals surface area contributed by atoms with Crippen LogP contribution in [0.1, 0.15) is 54.4 Å². The number of carbonyl (C=O) groups is 3. The molecule has 1 heterocycles. The van der Waals surface area contributed by atoms with Crippen LogP contribution in [0.25, 0.3) is 11.0 Å². The second-order valence-electron chi connectivity index (χ2n) is 9.24. The molecule has 8 nitrogen and oxygen atoms in total. The molecule has 1 aliphatic carbocycles. The largest absolute Gasteiger partial charge is 0.416 e. The van der Waals surface area contributed by atoms with Crippen molar-refractivity contribution in [2.45, 2.75) is 51.2 Å². The summed E-state index contributed by atoms with van der Waals surface area (Å²) >= 11 is 0. The Morgan fingerprint density at radius 1 is 1.08 bits per heavy atom. The van der Waals surface area contributed by atoms with Crippen LogP contribution in [0.4, 0.5) is 24.8 Å². The first kappa shape index (κ1) is 26.2. The van der Waals surface area contributed by atoms with Gasteiger partial charge in [0.1, 0.15) is 0 Å². The van der Waals surface area contributed by atoms with Crippen LogP contribution in [-0.2, 0) is 22.3 Å². The van der Waals surface area contributed by atoms with Gasteiger partial charge in [-0.15, -0.1) is 0 Å². The fourth-order valence-electron chi connectivity index (χ4n) is 4.61. The summed E-state index contributed by atoms with van der Waals surface area (Å²) in [5, 5.41) is 2.62. The molecule has 3 amide bonds. The zero-order chi connectivity index (χ0) is 26.7. The van der Waals surface area contributed by atoms with Gasteiger partial charge in [-0.25, -0.2) is 4.98 Å². The maximum Gasteiger partial charge on any atom is 0.416 e. The Morgan fingerprint density at radius 3 is 2.38 bits per heavy atom. The summed E-state index contributed by atoms with van der Waals surface area (Å²) in [5.74, 6) is -1.06. The molecule has 4 rings (SSSR count). The Labute approximate surface area is 211 Å². The van der Waals surface area contributed by atoms with Gasteiger partial charge in [-0.05, 0) is 55.3 Å². The van der Waals surface area contributed by atoms with Crippen molar-refractivity contribution >= 4 is 40.4 Å². The summed E-state index contributed by atoms with van der Waals surface area (Å²) in [6, 6.07) is 9.07. The summed E-state index contributed by atoms with van der Waals surface area (Å²) in [5.41, 5.74) is 6.19. The first-order valence-corrected chi connectivity index (χ1v) is 12.1. The van der Waals surface area contributed by atoms with Crippen LogP contribution in [-0.4, -0.2) is 34.3 Å². The fraction of sp³-hybridized carbons (Fsp3) is 0.385. The van der Waals surface area contributed by atoms with Crippen LogP contribution in [0.15, 0.2) is 42.5 Å². The van der Waals surface area contributed by atoms with Gasteiger partial charge in [0.05, 0.1) is 16.6 Å². The zero-order valence-electron chi connectivity index (χ0n) is 20.3. The van der Waals surface area contributed by atoms with Crippen molar-refractivity contribution in [1.82, 2.24) is 9.55 Å². The first-order chi connectivity index (χ1) is 17.5. The molecule has 0 radical (unpaired) electrons. The zero-order valence-corrected chi connectivity index (χ0v) is 20.3. The van der Waals surface area contributed by atoms with E-state index in [0.717, 1.165) is 56.4 Å². The van der Waals surface area contributed by atoms with Crippen molar-refractivity contribution in [2.75, 3.05) is 17.3 Å². The summed E-state index contributed by atoms with van der Waals surface area (Å²) in [6.45, 7) is 0.130. The minimum absolute atomic E-state index is 0.0128. The fourth-order valence-corrected chi connectivity index (χ4v) is 4.61. The van der Waals surface area contributed by atoms with E-state index >= 15 is 0 Å². The lowest BCUT2D eigenvalue weighted by Gasteiger charge is -2.26. The van der Waals surface area contributed by atoms with Gasteiger partial charge in [-0.3, -0.25) is 19.7 Å². The molecule has 0 saturated heterocycles. The van der Waals surface area contributed by atoms with Crippen molar-refractivity contribution in [2.24, 2.45) is 11.7 Å². The standard InChI is InChI=1S/C26H28F3N5O3/c1-33(24(37)17-5-3-2-4-6-17)19-11-12-21-20(15-19)31-25(34(21)14-13-22(30)35)32-23(36)16-7-9-18(10-8-16)26(27,28)29/h7-12,15,17H,2-6,13-14H2,1H3,(H2,30,35)(H,31,32,36). The number of primary amides is 1. The van der Waals surface area contributed by atoms with Gasteiger partial charge in [0, 0.05) is 37.2 Å². The third kappa shape index (κ3) is 5.92. The molecule has 0 aliphatic heterocycles. The van der Waals surface area contributed by atoms with E-state index in [4.69, 9.17) is 5.73 Å². The highest BCUT2D eigenvalue weighted by Crippen LogP contribution is 2.31. The number of nitrogens with two attached hydrogens (primary N) is 1. The number of amides is 3. The van der Waals surface area contributed by atoms with E-state index in [0.29, 0.717) is 16.7 Å². The van der Waals surface area contributed by atoms with Crippen LogP contribution in [0.5, 0.6) is 0 Å². The summed E-state index contributed by atoms with van der Waals surface area (Å²) in [4.78, 5) is 43.3. The number of hydrogen-bond acceptors (Lipinski definition) is 4. The molecule has 2 aromatic carbocycles. The molecule has 0 unspecified atom stereocenters. The minimum Gasteiger partial charge on any atom is -0.370 e. The third-order valence-electron chi connectivity index (χ3n) is 6.69. The molecule has 3 aromatic rings. The molecule has 11 heteroatoms. The van der Waals surface area contributed by atoms with Crippen LogP contribution >= 0.6 is 0 Å². The number of benzene rings is 2. The number of nitrogens with zero attached hydrogens (tertiary/aromatic N) is 3. The lowest BCUT2D eigenvalue weighted by molar-refractivity contribution is -0.137. The van der Waals surface area contributed by atoms with Crippen LogP contribution in [0.2, 0.25) is 0 Å². The van der Waals surface area contributed by atoms with E-state index in [-0.39, 0.29) is 36.3 Å². The molecule has 3 N–H and O–H groups in total. The topological polar surface area (TPSA) is 110 Å². The van der Waals surface area contributed by atoms with E-state index in [1.54, 1.807) is 34.7 Å². The predicted octanol–water partition coefficient (Wildman–Crippen LogP) is 4.73. The molecule has 1 aromatic heterocycles. The smallest absolute Gasteiger partial charge is 0.370 e. The lowest BCUT2D eigenvalue weighted by atomic mass is 9.88. The summed E-state index contributed by atoms with van der Waals surface area (Å²) in [7, 11) is 1.72. The molecular formula is C26H28F3N5O3. The Balaban J connectivity index is 1.61. The number of aryl methyl sites for hydroxylation is 1. The van der Waals surface area contributed by atoms with Crippen molar-refractivity contribution in [3.05, 3.63) is 53.6 Å². The third-order valence-corrected chi connectivity index (χ3v) is 6.69. The highest BCUT2D eigenvalue weighted by Gasteiger charge is 2.30. The predicted molar refractivity (Wildman–Crippen MR) is 133 cm³/mol. The number of carbonyl (C=O) groups excluding carboxylic acids is 3. The first-order valence-electron chi connectivity index (χ1n) is 12.1. The maximum absolute atomic E-state index is 13.0. The number of alkyl halides is 3. The molecule has 1 saturated carbocycles. The van der Waals surface area contributed by atoms with E-state index in [1.165, 1.54) is 0 Å². The highest BCUT2D eigenvalue weighted by molar-refractivity contribution is 6.04. The summed E-state index contributed by atoms with van der Waals surface area (Å²) in [6.07, 6.45) is 0.423. The van der Waals surface area contributed by atoms with Gasteiger partial charge in [0.15, 0.2) is 0 Å². The number of aromatic nitrogens is 2. The average Bonchev–Trinajstić information content (AvgIpc) is 3.22. The van der Waals surface area contributed by atoms with Crippen LogP contribution in [0, 0.1) is 5.92 Å². The van der Waals surface area contributed by atoms with Crippen LogP contribution < -0.4 is 16.0 Å². The van der Waals surface area contributed by atoms with E-state index in [9.17, 15) is 27.6 Å². The number of anilines is 2. The van der Waals surface area contributed by atoms with Crippen LogP contribution in [0.3, 0.4) is 0 Å². The number of nitrogens with one attached hydrogen (secondary N) is 1. The number of halogens is 3. The molecule has 1 aliphatic rings. The average molecular weight is 516 g/mol. The van der Waals surface area contributed by atoms with Crippen molar-refractivity contribution in [1.29, 1.82) is 0 Å². The molecule has 37 heavy (non-hydrogen) atoms. The Bertz CT molecular complexity index is 1310. The van der Waals surface area contributed by atoms with Gasteiger partial charge in [0.25, 0.3) is 5.91 Å². The normalized spacial score (nSPS) is 14.5. The van der Waals surface area contributed by atoms with E-state index in [2.05, 4.69) is 10.3 Å². The minimum atomic E-state index is -4.51. The van der Waals surface area contributed by atoms with E-state index in [1.807, 2.05) is 0 Å². The molecular weight excluding hydrogens is 487 g/mol. The summed E-state index contributed by atoms with van der Waals surface area (Å²) < 4.78 is 40.2. The Kier molecular flexibility index (Phi) is 7.51. The molecule has 0 bridgehead atoms. The Morgan fingerprint density at radius 2 is 1.76 bits per heavy atom. The number of rotatable bonds is 7. The molecule has 0 spiro atoms. The number of hydrogen-bond donors (Lipinski definition) is 2. The van der Waals surface area contributed by atoms with Crippen molar-refractivity contribution < 1.29 is 27.6 Å². The van der Waals surface area contributed by atoms with Gasteiger partial charge in [0.2, 0.25) is 17.8 Å². The SMILES string of the molecule is CN(C(=O)C1CCCCC1)c1ccc2c(c1)nc(NC(=O)c1ccc(C(F)(F)F)cc1)n2CCC(N)=O. The van der Waals surface area contributed by atoms with Gasteiger partial charge in [-0.1, -0.05) is 19.3 Å². The monoisotopic (exact) mass is 515 g/mol. The van der Waals surface area contributed by atoms with Gasteiger partial charge in [-0.2, -0.15) is 13.2 Å². The van der Waals surface area contributed by atoms with Gasteiger partial charge < -0.3 is 15.2 Å². The molecule has 1 fully saturated rings. The number of imidazole rings is 1. The number of fused-ring (bicyclic) bond motifs is 1. The van der Waals surface area contributed by atoms with Crippen molar-refractivity contribution in [3.8, 4) is 0 Å². The second kappa shape index (κ2) is 10.6. The second-order valence-corrected chi connectivity index (χ2v) is 9.24. The molecule has 196 valence electrons. The van der Waals surface area contributed by atoms with Crippen molar-refractivity contribution in [3.63, 3.8) is 0 Å². The van der Waals surface area contributed by atoms with E-state index < -0.39 is 23.6 Å². The maximum atomic E-state index is 13.0.